The molecule has 188 valence electrons. The second kappa shape index (κ2) is 9.29. The fourth-order valence-electron chi connectivity index (χ4n) is 5.61. The molecule has 3 aliphatic rings. The number of hydrogen-bond acceptors (Lipinski definition) is 5. The number of carbonyl (C=O) groups excluding carboxylic acids is 4. The van der Waals surface area contributed by atoms with Crippen LogP contribution in [0.1, 0.15) is 20.7 Å². The molecule has 2 amide bonds. The number of imide groups is 1. The number of allylic oxidation sites excluding steroid dienone is 2. The van der Waals surface area contributed by atoms with Crippen LogP contribution in [0.15, 0.2) is 107 Å². The minimum Gasteiger partial charge on any atom is -0.359 e. The average Bonchev–Trinajstić information content (AvgIpc) is 3.40. The van der Waals surface area contributed by atoms with Gasteiger partial charge >= 0.3 is 0 Å². The van der Waals surface area contributed by atoms with Crippen LogP contribution in [0.4, 0.5) is 10.1 Å². The molecule has 0 unspecified atom stereocenters. The molecule has 4 atom stereocenters. The van der Waals surface area contributed by atoms with Crippen LogP contribution in [0.25, 0.3) is 0 Å². The van der Waals surface area contributed by atoms with E-state index in [1.807, 2.05) is 6.07 Å². The van der Waals surface area contributed by atoms with Crippen molar-refractivity contribution >= 4 is 45.0 Å². The number of rotatable bonds is 5. The van der Waals surface area contributed by atoms with Crippen LogP contribution in [0.3, 0.4) is 0 Å². The van der Waals surface area contributed by atoms with Crippen molar-refractivity contribution in [1.82, 2.24) is 4.90 Å². The van der Waals surface area contributed by atoms with Gasteiger partial charge in [-0.15, -0.1) is 0 Å². The lowest BCUT2D eigenvalue weighted by atomic mass is 9.85. The quantitative estimate of drug-likeness (QED) is 0.320. The molecule has 2 saturated heterocycles. The van der Waals surface area contributed by atoms with Gasteiger partial charge in [0.05, 0.1) is 23.6 Å². The summed E-state index contributed by atoms with van der Waals surface area (Å²) in [5.41, 5.74) is 1.37. The van der Waals surface area contributed by atoms with Gasteiger partial charge in [0.25, 0.3) is 0 Å². The van der Waals surface area contributed by atoms with Crippen LogP contribution in [-0.4, -0.2) is 40.4 Å². The number of amides is 2. The normalized spacial score (nSPS) is 23.8. The average molecular weight is 571 g/mol. The molecule has 38 heavy (non-hydrogen) atoms. The van der Waals surface area contributed by atoms with Gasteiger partial charge < -0.3 is 4.90 Å². The lowest BCUT2D eigenvalue weighted by Crippen LogP contribution is -2.46. The molecule has 0 aliphatic carbocycles. The van der Waals surface area contributed by atoms with E-state index >= 15 is 0 Å². The van der Waals surface area contributed by atoms with Crippen molar-refractivity contribution in [2.24, 2.45) is 11.8 Å². The fourth-order valence-corrected chi connectivity index (χ4v) is 5.87. The first-order chi connectivity index (χ1) is 18.3. The number of hydrogen-bond donors (Lipinski definition) is 0. The summed E-state index contributed by atoms with van der Waals surface area (Å²) in [5.74, 6) is -4.12. The van der Waals surface area contributed by atoms with Crippen LogP contribution in [0, 0.1) is 17.7 Å². The molecule has 3 heterocycles. The van der Waals surface area contributed by atoms with E-state index in [0.29, 0.717) is 16.7 Å². The smallest absolute Gasteiger partial charge is 0.240 e. The molecule has 0 N–H and O–H groups in total. The third-order valence-corrected chi connectivity index (χ3v) is 7.84. The van der Waals surface area contributed by atoms with Crippen molar-refractivity contribution in [1.29, 1.82) is 0 Å². The van der Waals surface area contributed by atoms with Gasteiger partial charge in [-0.1, -0.05) is 70.5 Å². The van der Waals surface area contributed by atoms with E-state index in [2.05, 4.69) is 15.9 Å². The van der Waals surface area contributed by atoms with Gasteiger partial charge in [-0.3, -0.25) is 19.2 Å². The molecule has 3 aliphatic heterocycles. The predicted octanol–water partition coefficient (Wildman–Crippen LogP) is 4.97. The third kappa shape index (κ3) is 3.83. The summed E-state index contributed by atoms with van der Waals surface area (Å²) in [6.07, 6.45) is 4.92. The Kier molecular flexibility index (Phi) is 5.91. The Morgan fingerprint density at radius 1 is 0.816 bits per heavy atom. The Labute approximate surface area is 226 Å². The zero-order valence-electron chi connectivity index (χ0n) is 19.8. The maximum Gasteiger partial charge on any atom is 0.240 e. The summed E-state index contributed by atoms with van der Waals surface area (Å²) < 4.78 is 14.8. The second-order valence-electron chi connectivity index (χ2n) is 9.43. The fraction of sp³-hybridized carbons (Fsp3) is 0.133. The Hall–Kier alpha value is -4.17. The van der Waals surface area contributed by atoms with Crippen molar-refractivity contribution in [3.05, 3.63) is 124 Å². The number of benzene rings is 3. The number of ketones is 2. The van der Waals surface area contributed by atoms with Crippen LogP contribution in [0.5, 0.6) is 0 Å². The minimum absolute atomic E-state index is 0.117. The maximum absolute atomic E-state index is 14.0. The number of carbonyl (C=O) groups is 4. The molecule has 8 heteroatoms. The van der Waals surface area contributed by atoms with Crippen molar-refractivity contribution in [3.63, 3.8) is 0 Å². The lowest BCUT2D eigenvalue weighted by Gasteiger charge is -2.32. The van der Waals surface area contributed by atoms with E-state index in [9.17, 15) is 23.6 Å². The lowest BCUT2D eigenvalue weighted by molar-refractivity contribution is -0.123. The van der Waals surface area contributed by atoms with Crippen LogP contribution >= 0.6 is 15.9 Å². The van der Waals surface area contributed by atoms with E-state index in [4.69, 9.17) is 0 Å². The predicted molar refractivity (Wildman–Crippen MR) is 142 cm³/mol. The molecule has 0 bridgehead atoms. The summed E-state index contributed by atoms with van der Waals surface area (Å²) in [5, 5.41) is 0. The first-order valence-corrected chi connectivity index (χ1v) is 12.8. The van der Waals surface area contributed by atoms with Crippen molar-refractivity contribution < 1.29 is 23.6 Å². The van der Waals surface area contributed by atoms with Gasteiger partial charge in [-0.05, 0) is 36.4 Å². The van der Waals surface area contributed by atoms with E-state index in [-0.39, 0.29) is 17.3 Å². The molecule has 6 nitrogen and oxygen atoms in total. The molecule has 0 radical (unpaired) electrons. The van der Waals surface area contributed by atoms with Gasteiger partial charge in [0.2, 0.25) is 11.8 Å². The van der Waals surface area contributed by atoms with Crippen molar-refractivity contribution in [2.45, 2.75) is 12.1 Å². The van der Waals surface area contributed by atoms with Gasteiger partial charge in [0.15, 0.2) is 11.6 Å². The first-order valence-electron chi connectivity index (χ1n) is 12.1. The number of Topliss-reactive ketones (excluding diaryl/α,β-unsaturated/α-hetero) is 2. The summed E-state index contributed by atoms with van der Waals surface area (Å²) in [7, 11) is 0. The summed E-state index contributed by atoms with van der Waals surface area (Å²) >= 11 is 3.37. The van der Waals surface area contributed by atoms with E-state index < -0.39 is 41.6 Å². The second-order valence-corrected chi connectivity index (χ2v) is 10.3. The Bertz CT molecular complexity index is 1550. The van der Waals surface area contributed by atoms with Crippen molar-refractivity contribution in [3.8, 4) is 0 Å². The number of anilines is 1. The largest absolute Gasteiger partial charge is 0.359 e. The van der Waals surface area contributed by atoms with Crippen LogP contribution in [0.2, 0.25) is 0 Å². The highest BCUT2D eigenvalue weighted by Crippen LogP contribution is 2.47. The third-order valence-electron chi connectivity index (χ3n) is 7.31. The molecule has 0 spiro atoms. The van der Waals surface area contributed by atoms with Gasteiger partial charge in [-0.2, -0.15) is 0 Å². The number of nitrogens with zero attached hydrogens (tertiary/aromatic N) is 2. The highest BCUT2D eigenvalue weighted by molar-refractivity contribution is 9.10. The Morgan fingerprint density at radius 2 is 1.53 bits per heavy atom. The molecule has 3 aromatic carbocycles. The minimum atomic E-state index is -1.00. The number of halogens is 2. The highest BCUT2D eigenvalue weighted by Gasteiger charge is 2.63. The monoisotopic (exact) mass is 570 g/mol. The van der Waals surface area contributed by atoms with Gasteiger partial charge in [-0.25, -0.2) is 9.29 Å². The maximum atomic E-state index is 14.0. The zero-order chi connectivity index (χ0) is 26.6. The van der Waals surface area contributed by atoms with Crippen LogP contribution in [-0.2, 0) is 9.59 Å². The Balaban J connectivity index is 1.44. The Morgan fingerprint density at radius 3 is 2.24 bits per heavy atom. The van der Waals surface area contributed by atoms with Crippen LogP contribution < -0.4 is 4.90 Å². The highest BCUT2D eigenvalue weighted by atomic mass is 79.9. The summed E-state index contributed by atoms with van der Waals surface area (Å²) in [4.78, 5) is 57.2. The SMILES string of the molecule is O=C(C1=C[C@@H]2[C@H]3C(=O)N(c4cccc(F)c4)C(=O)[C@H]3[C@@H](C(=O)c3ccc(Br)cc3)N2C=C1)c1ccccc1. The summed E-state index contributed by atoms with van der Waals surface area (Å²) in [6.45, 7) is 0. The summed E-state index contributed by atoms with van der Waals surface area (Å²) in [6, 6.07) is 19.1. The molecular weight excluding hydrogens is 551 g/mol. The zero-order valence-corrected chi connectivity index (χ0v) is 21.4. The molecule has 0 aromatic heterocycles. The van der Waals surface area contributed by atoms with E-state index in [1.165, 1.54) is 18.2 Å². The molecule has 6 rings (SSSR count). The van der Waals surface area contributed by atoms with Gasteiger partial charge in [0, 0.05) is 27.4 Å². The first kappa shape index (κ1) is 24.2. The topological polar surface area (TPSA) is 74.8 Å². The number of fused-ring (bicyclic) bond motifs is 3. The standard InChI is InChI=1S/C30H20BrFN2O4/c31-20-11-9-18(10-12-20)28(36)26-25-24(29(37)34(30(25)38)22-8-4-7-21(32)16-22)23-15-19(13-14-33(23)26)27(35)17-5-2-1-3-6-17/h1-16,23-26H/t23-,24-,25-,26+/m1/s1. The van der Waals surface area contributed by atoms with E-state index in [1.54, 1.807) is 71.8 Å². The van der Waals surface area contributed by atoms with Gasteiger partial charge in [0.1, 0.15) is 11.9 Å². The molecular formula is C30H20BrFN2O4. The molecule has 3 aromatic rings. The van der Waals surface area contributed by atoms with E-state index in [0.717, 1.165) is 15.4 Å². The molecule has 2 fully saturated rings. The molecule has 0 saturated carbocycles. The van der Waals surface area contributed by atoms with Crippen molar-refractivity contribution in [2.75, 3.05) is 4.90 Å².